The molecule has 0 spiro atoms. The normalized spacial score (nSPS) is 23.2. The molecule has 3 heterocycles. The Hall–Kier alpha value is -1.82. The molecule has 21 heavy (non-hydrogen) atoms. The van der Waals surface area contributed by atoms with Crippen molar-refractivity contribution in [2.75, 3.05) is 11.4 Å². The third-order valence-corrected chi connectivity index (χ3v) is 4.81. The van der Waals surface area contributed by atoms with Gasteiger partial charge >= 0.3 is 5.97 Å². The highest BCUT2D eigenvalue weighted by Gasteiger charge is 2.27. The summed E-state index contributed by atoms with van der Waals surface area (Å²) in [5.41, 5.74) is 0.856. The molecular formula is C15H19N3O2S. The van der Waals surface area contributed by atoms with Gasteiger partial charge in [0.05, 0.1) is 5.69 Å². The first-order valence-electron chi connectivity index (χ1n) is 7.19. The van der Waals surface area contributed by atoms with Crippen molar-refractivity contribution in [2.24, 2.45) is 5.92 Å². The fourth-order valence-corrected chi connectivity index (χ4v) is 3.61. The minimum absolute atomic E-state index is 0.433. The number of imidazole rings is 1. The van der Waals surface area contributed by atoms with Gasteiger partial charge in [-0.15, -0.1) is 11.3 Å². The summed E-state index contributed by atoms with van der Waals surface area (Å²) in [4.78, 5) is 18.8. The predicted octanol–water partition coefficient (Wildman–Crippen LogP) is 3.12. The van der Waals surface area contributed by atoms with Crippen molar-refractivity contribution >= 4 is 34.2 Å². The summed E-state index contributed by atoms with van der Waals surface area (Å²) in [5.74, 6) is 0.599. The molecule has 0 aromatic carbocycles. The van der Waals surface area contributed by atoms with Crippen LogP contribution in [0.15, 0.2) is 17.7 Å². The SMILES string of the molecule is CC1CCC(C)N(c2nc3sccn3c2C=CC(=O)O)C1. The molecule has 2 unspecified atom stereocenters. The molecule has 112 valence electrons. The lowest BCUT2D eigenvalue weighted by Gasteiger charge is -2.37. The second-order valence-electron chi connectivity index (χ2n) is 5.73. The molecule has 0 aliphatic carbocycles. The highest BCUT2D eigenvalue weighted by atomic mass is 32.1. The molecule has 1 N–H and O–H groups in total. The first-order chi connectivity index (χ1) is 10.1. The Morgan fingerprint density at radius 2 is 2.29 bits per heavy atom. The summed E-state index contributed by atoms with van der Waals surface area (Å²) in [5, 5.41) is 10.9. The topological polar surface area (TPSA) is 57.8 Å². The van der Waals surface area contributed by atoms with Gasteiger partial charge in [-0.1, -0.05) is 6.92 Å². The Morgan fingerprint density at radius 3 is 3.05 bits per heavy atom. The lowest BCUT2D eigenvalue weighted by Crippen LogP contribution is -2.41. The van der Waals surface area contributed by atoms with Gasteiger partial charge in [0.1, 0.15) is 0 Å². The van der Waals surface area contributed by atoms with Gasteiger partial charge in [-0.25, -0.2) is 9.78 Å². The summed E-state index contributed by atoms with van der Waals surface area (Å²) >= 11 is 1.57. The van der Waals surface area contributed by atoms with Crippen LogP contribution in [0.2, 0.25) is 0 Å². The van der Waals surface area contributed by atoms with Gasteiger partial charge in [0.25, 0.3) is 0 Å². The van der Waals surface area contributed by atoms with Crippen molar-refractivity contribution in [3.8, 4) is 0 Å². The number of aromatic nitrogens is 2. The molecule has 1 fully saturated rings. The van der Waals surface area contributed by atoms with Crippen LogP contribution in [-0.2, 0) is 4.79 Å². The highest BCUT2D eigenvalue weighted by Crippen LogP contribution is 2.32. The average Bonchev–Trinajstić information content (AvgIpc) is 3.00. The number of thiazole rings is 1. The van der Waals surface area contributed by atoms with Crippen molar-refractivity contribution in [1.82, 2.24) is 9.38 Å². The van der Waals surface area contributed by atoms with Crippen molar-refractivity contribution < 1.29 is 9.90 Å². The van der Waals surface area contributed by atoms with Crippen molar-refractivity contribution in [2.45, 2.75) is 32.7 Å². The standard InChI is InChI=1S/C15H19N3O2S/c1-10-3-4-11(2)18(9-10)14-12(5-6-13(19)20)17-7-8-21-15(17)16-14/h5-8,10-11H,3-4,9H2,1-2H3,(H,19,20). The number of anilines is 1. The zero-order valence-electron chi connectivity index (χ0n) is 12.2. The second kappa shape index (κ2) is 5.52. The van der Waals surface area contributed by atoms with E-state index in [0.717, 1.165) is 29.4 Å². The number of hydrogen-bond donors (Lipinski definition) is 1. The van der Waals surface area contributed by atoms with E-state index in [4.69, 9.17) is 10.1 Å². The van der Waals surface area contributed by atoms with E-state index in [1.165, 1.54) is 12.5 Å². The van der Waals surface area contributed by atoms with E-state index in [2.05, 4.69) is 18.7 Å². The number of hydrogen-bond acceptors (Lipinski definition) is 4. The largest absolute Gasteiger partial charge is 0.478 e. The molecule has 2 aromatic heterocycles. The Bertz CT molecular complexity index is 688. The minimum atomic E-state index is -0.939. The molecule has 6 heteroatoms. The van der Waals surface area contributed by atoms with Gasteiger partial charge in [-0.05, 0) is 31.8 Å². The third-order valence-electron chi connectivity index (χ3n) is 4.05. The molecule has 2 atom stereocenters. The van der Waals surface area contributed by atoms with Gasteiger partial charge < -0.3 is 10.0 Å². The lowest BCUT2D eigenvalue weighted by atomic mass is 9.95. The van der Waals surface area contributed by atoms with Crippen molar-refractivity contribution in [3.63, 3.8) is 0 Å². The average molecular weight is 305 g/mol. The fourth-order valence-electron chi connectivity index (χ4n) is 2.89. The molecule has 1 aliphatic heterocycles. The third kappa shape index (κ3) is 2.68. The quantitative estimate of drug-likeness (QED) is 0.885. The number of carboxylic acids is 1. The Kier molecular flexibility index (Phi) is 3.71. The molecule has 1 aliphatic rings. The number of carboxylic acid groups (broad SMARTS) is 1. The molecule has 5 nitrogen and oxygen atoms in total. The maximum Gasteiger partial charge on any atom is 0.328 e. The fraction of sp³-hybridized carbons (Fsp3) is 0.467. The van der Waals surface area contributed by atoms with Gasteiger partial charge in [-0.3, -0.25) is 4.40 Å². The molecule has 0 amide bonds. The molecule has 2 aromatic rings. The van der Waals surface area contributed by atoms with Crippen molar-refractivity contribution in [1.29, 1.82) is 0 Å². The lowest BCUT2D eigenvalue weighted by molar-refractivity contribution is -0.131. The van der Waals surface area contributed by atoms with E-state index in [-0.39, 0.29) is 0 Å². The van der Waals surface area contributed by atoms with Crippen LogP contribution in [0.1, 0.15) is 32.4 Å². The van der Waals surface area contributed by atoms with Gasteiger partial charge in [-0.2, -0.15) is 0 Å². The first-order valence-corrected chi connectivity index (χ1v) is 8.07. The Morgan fingerprint density at radius 1 is 1.48 bits per heavy atom. The maximum absolute atomic E-state index is 10.8. The van der Waals surface area contributed by atoms with E-state index < -0.39 is 5.97 Å². The summed E-state index contributed by atoms with van der Waals surface area (Å²) in [7, 11) is 0. The molecule has 0 radical (unpaired) electrons. The Balaban J connectivity index is 2.06. The van der Waals surface area contributed by atoms with Crippen LogP contribution < -0.4 is 4.90 Å². The number of nitrogens with zero attached hydrogens (tertiary/aromatic N) is 3. The van der Waals surface area contributed by atoms with Crippen LogP contribution in [0.4, 0.5) is 5.82 Å². The highest BCUT2D eigenvalue weighted by molar-refractivity contribution is 7.15. The van der Waals surface area contributed by atoms with Crippen LogP contribution in [0.25, 0.3) is 11.0 Å². The summed E-state index contributed by atoms with van der Waals surface area (Å²) < 4.78 is 1.96. The Labute approximate surface area is 127 Å². The van der Waals surface area contributed by atoms with Crippen LogP contribution >= 0.6 is 11.3 Å². The number of rotatable bonds is 3. The van der Waals surface area contributed by atoms with E-state index in [1.807, 2.05) is 16.0 Å². The minimum Gasteiger partial charge on any atom is -0.478 e. The predicted molar refractivity (Wildman–Crippen MR) is 84.9 cm³/mol. The molecular weight excluding hydrogens is 286 g/mol. The number of carbonyl (C=O) groups is 1. The van der Waals surface area contributed by atoms with E-state index in [9.17, 15) is 4.79 Å². The second-order valence-corrected chi connectivity index (χ2v) is 6.60. The van der Waals surface area contributed by atoms with Gasteiger partial charge in [0, 0.05) is 30.2 Å². The number of piperidine rings is 1. The monoisotopic (exact) mass is 305 g/mol. The molecule has 1 saturated heterocycles. The van der Waals surface area contributed by atoms with Gasteiger partial charge in [0.2, 0.25) is 0 Å². The smallest absolute Gasteiger partial charge is 0.328 e. The maximum atomic E-state index is 10.8. The van der Waals surface area contributed by atoms with E-state index >= 15 is 0 Å². The van der Waals surface area contributed by atoms with Gasteiger partial charge in [0.15, 0.2) is 10.8 Å². The zero-order chi connectivity index (χ0) is 15.0. The van der Waals surface area contributed by atoms with Crippen LogP contribution in [0.5, 0.6) is 0 Å². The van der Waals surface area contributed by atoms with Crippen LogP contribution in [-0.4, -0.2) is 33.0 Å². The van der Waals surface area contributed by atoms with E-state index in [0.29, 0.717) is 12.0 Å². The van der Waals surface area contributed by atoms with Crippen LogP contribution in [0, 0.1) is 5.92 Å². The van der Waals surface area contributed by atoms with E-state index in [1.54, 1.807) is 17.4 Å². The summed E-state index contributed by atoms with van der Waals surface area (Å²) in [6.07, 6.45) is 7.16. The summed E-state index contributed by atoms with van der Waals surface area (Å²) in [6, 6.07) is 0.433. The molecule has 0 saturated carbocycles. The van der Waals surface area contributed by atoms with Crippen molar-refractivity contribution in [3.05, 3.63) is 23.3 Å². The van der Waals surface area contributed by atoms with Crippen LogP contribution in [0.3, 0.4) is 0 Å². The zero-order valence-corrected chi connectivity index (χ0v) is 13.0. The summed E-state index contributed by atoms with van der Waals surface area (Å²) in [6.45, 7) is 5.44. The number of fused-ring (bicyclic) bond motifs is 1. The number of aliphatic carboxylic acids is 1. The molecule has 0 bridgehead atoms. The first kappa shape index (κ1) is 14.1. The molecule has 3 rings (SSSR count).